The van der Waals surface area contributed by atoms with E-state index in [4.69, 9.17) is 5.11 Å². The van der Waals surface area contributed by atoms with Crippen molar-refractivity contribution in [1.82, 2.24) is 10.6 Å². The summed E-state index contributed by atoms with van der Waals surface area (Å²) in [5.74, 6) is -0.763. The third kappa shape index (κ3) is 6.80. The van der Waals surface area contributed by atoms with Gasteiger partial charge < -0.3 is 15.7 Å². The quantitative estimate of drug-likeness (QED) is 0.722. The molecule has 0 fully saturated rings. The molecule has 1 rings (SSSR count). The highest BCUT2D eigenvalue weighted by Crippen LogP contribution is 2.04. The molecule has 0 radical (unpaired) electrons. The fourth-order valence-electron chi connectivity index (χ4n) is 1.48. The van der Waals surface area contributed by atoms with Crippen molar-refractivity contribution in [2.45, 2.75) is 12.5 Å². The molecule has 1 aromatic rings. The maximum Gasteiger partial charge on any atom is 0.326 e. The monoisotopic (exact) mass is 312 g/mol. The highest BCUT2D eigenvalue weighted by Gasteiger charge is 2.18. The van der Waals surface area contributed by atoms with Crippen LogP contribution in [0.1, 0.15) is 12.0 Å². The van der Waals surface area contributed by atoms with Crippen molar-refractivity contribution in [2.75, 3.05) is 12.0 Å². The Morgan fingerprint density at radius 2 is 2.05 bits per heavy atom. The van der Waals surface area contributed by atoms with Crippen molar-refractivity contribution < 1.29 is 19.1 Å². The van der Waals surface area contributed by atoms with Gasteiger partial charge in [-0.1, -0.05) is 12.1 Å². The average molecular weight is 312 g/mol. The molecule has 1 atom stereocenters. The van der Waals surface area contributed by atoms with Crippen LogP contribution in [-0.2, 0) is 4.79 Å². The fraction of sp³-hybridized carbons (Fsp3) is 0.286. The summed E-state index contributed by atoms with van der Waals surface area (Å²) < 4.78 is 12.7. The van der Waals surface area contributed by atoms with E-state index in [1.807, 2.05) is 6.26 Å². The number of thioether (sulfide) groups is 1. The molecule has 3 N–H and O–H groups in total. The first-order chi connectivity index (χ1) is 10.0. The smallest absolute Gasteiger partial charge is 0.326 e. The minimum Gasteiger partial charge on any atom is -0.480 e. The van der Waals surface area contributed by atoms with Crippen molar-refractivity contribution in [1.29, 1.82) is 0 Å². The highest BCUT2D eigenvalue weighted by atomic mass is 32.2. The number of carboxylic acids is 1. The first-order valence-corrected chi connectivity index (χ1v) is 7.63. The number of urea groups is 1. The van der Waals surface area contributed by atoms with Crippen molar-refractivity contribution in [3.63, 3.8) is 0 Å². The first kappa shape index (κ1) is 17.0. The number of hydrogen-bond donors (Lipinski definition) is 3. The Morgan fingerprint density at radius 1 is 1.38 bits per heavy atom. The molecule has 0 aliphatic rings. The van der Waals surface area contributed by atoms with Gasteiger partial charge in [-0.05, 0) is 42.2 Å². The van der Waals surface area contributed by atoms with Crippen LogP contribution in [-0.4, -0.2) is 35.2 Å². The zero-order valence-corrected chi connectivity index (χ0v) is 12.3. The van der Waals surface area contributed by atoms with Gasteiger partial charge in [-0.25, -0.2) is 14.0 Å². The summed E-state index contributed by atoms with van der Waals surface area (Å²) in [5, 5.41) is 13.8. The first-order valence-electron chi connectivity index (χ1n) is 6.24. The van der Waals surface area contributed by atoms with Crippen LogP contribution < -0.4 is 10.6 Å². The lowest BCUT2D eigenvalue weighted by molar-refractivity contribution is -0.139. The average Bonchev–Trinajstić information content (AvgIpc) is 2.45. The lowest BCUT2D eigenvalue weighted by Crippen LogP contribution is -2.44. The molecule has 0 heterocycles. The second-order valence-electron chi connectivity index (χ2n) is 4.17. The Hall–Kier alpha value is -2.02. The van der Waals surface area contributed by atoms with Crippen LogP contribution in [0.3, 0.4) is 0 Å². The summed E-state index contributed by atoms with van der Waals surface area (Å²) in [6.45, 7) is 0. The highest BCUT2D eigenvalue weighted by molar-refractivity contribution is 7.98. The third-order valence-electron chi connectivity index (χ3n) is 2.57. The Bertz CT molecular complexity index is 505. The summed E-state index contributed by atoms with van der Waals surface area (Å²) in [7, 11) is 0. The van der Waals surface area contributed by atoms with Gasteiger partial charge in [0.25, 0.3) is 0 Å². The van der Waals surface area contributed by atoms with Gasteiger partial charge in [0.2, 0.25) is 0 Å². The number of halogens is 1. The molecule has 1 aromatic carbocycles. The van der Waals surface area contributed by atoms with Crippen LogP contribution in [0.4, 0.5) is 9.18 Å². The molecule has 0 bridgehead atoms. The second-order valence-corrected chi connectivity index (χ2v) is 5.16. The van der Waals surface area contributed by atoms with E-state index < -0.39 is 18.0 Å². The van der Waals surface area contributed by atoms with E-state index in [1.54, 1.807) is 18.2 Å². The minimum absolute atomic E-state index is 0.337. The SMILES string of the molecule is CSCCC(NC(=O)N/C=C/c1ccc(F)cc1)C(=O)O. The number of amides is 2. The molecule has 2 amide bonds. The number of aliphatic carboxylic acids is 1. The molecular weight excluding hydrogens is 295 g/mol. The third-order valence-corrected chi connectivity index (χ3v) is 3.22. The van der Waals surface area contributed by atoms with E-state index in [1.165, 1.54) is 30.1 Å². The van der Waals surface area contributed by atoms with Crippen LogP contribution >= 0.6 is 11.8 Å². The van der Waals surface area contributed by atoms with Crippen molar-refractivity contribution >= 4 is 29.8 Å². The second kappa shape index (κ2) is 9.02. The summed E-state index contributed by atoms with van der Waals surface area (Å²) >= 11 is 1.51. The topological polar surface area (TPSA) is 78.4 Å². The molecule has 5 nitrogen and oxygen atoms in total. The molecule has 0 saturated carbocycles. The molecule has 7 heteroatoms. The van der Waals surface area contributed by atoms with Crippen LogP contribution in [0.15, 0.2) is 30.5 Å². The Morgan fingerprint density at radius 3 is 2.62 bits per heavy atom. The van der Waals surface area contributed by atoms with Crippen LogP contribution in [0.25, 0.3) is 6.08 Å². The van der Waals surface area contributed by atoms with E-state index in [2.05, 4.69) is 10.6 Å². The Kier molecular flexibility index (Phi) is 7.31. The molecule has 0 saturated heterocycles. The number of carbonyl (C=O) groups excluding carboxylic acids is 1. The van der Waals surface area contributed by atoms with Gasteiger partial charge in [-0.2, -0.15) is 11.8 Å². The number of rotatable bonds is 7. The van der Waals surface area contributed by atoms with E-state index >= 15 is 0 Å². The van der Waals surface area contributed by atoms with Gasteiger partial charge in [0.05, 0.1) is 0 Å². The van der Waals surface area contributed by atoms with E-state index in [-0.39, 0.29) is 5.82 Å². The summed E-state index contributed by atoms with van der Waals surface area (Å²) in [5.41, 5.74) is 0.717. The number of carboxylic acid groups (broad SMARTS) is 1. The minimum atomic E-state index is -1.07. The van der Waals surface area contributed by atoms with Crippen molar-refractivity contribution in [3.05, 3.63) is 41.8 Å². The van der Waals surface area contributed by atoms with Gasteiger partial charge in [0, 0.05) is 6.20 Å². The van der Waals surface area contributed by atoms with Gasteiger partial charge in [0.15, 0.2) is 0 Å². The van der Waals surface area contributed by atoms with E-state index in [0.29, 0.717) is 17.7 Å². The number of nitrogens with one attached hydrogen (secondary N) is 2. The van der Waals surface area contributed by atoms with Crippen LogP contribution in [0, 0.1) is 5.82 Å². The molecule has 0 aromatic heterocycles. The zero-order valence-electron chi connectivity index (χ0n) is 11.5. The summed E-state index contributed by atoms with van der Waals surface area (Å²) in [4.78, 5) is 22.5. The number of carbonyl (C=O) groups is 2. The molecule has 21 heavy (non-hydrogen) atoms. The lowest BCUT2D eigenvalue weighted by Gasteiger charge is -2.13. The van der Waals surface area contributed by atoms with Crippen molar-refractivity contribution in [2.24, 2.45) is 0 Å². The Labute approximate surface area is 126 Å². The lowest BCUT2D eigenvalue weighted by atomic mass is 10.2. The standard InChI is InChI=1S/C14H17FN2O3S/c1-21-9-7-12(13(18)19)17-14(20)16-8-6-10-2-4-11(15)5-3-10/h2-6,8,12H,7,9H2,1H3,(H,18,19)(H2,16,17,20)/b8-6+. The molecule has 0 spiro atoms. The van der Waals surface area contributed by atoms with Crippen LogP contribution in [0.5, 0.6) is 0 Å². The molecule has 0 aliphatic heterocycles. The predicted molar refractivity (Wildman–Crippen MR) is 81.5 cm³/mol. The molecule has 0 aliphatic carbocycles. The molecule has 114 valence electrons. The van der Waals surface area contributed by atoms with Gasteiger partial charge in [-0.3, -0.25) is 0 Å². The Balaban J connectivity index is 2.45. The normalized spacial score (nSPS) is 12.1. The van der Waals surface area contributed by atoms with E-state index in [9.17, 15) is 14.0 Å². The predicted octanol–water partition coefficient (Wildman–Crippen LogP) is 2.30. The zero-order chi connectivity index (χ0) is 15.7. The fourth-order valence-corrected chi connectivity index (χ4v) is 1.95. The van der Waals surface area contributed by atoms with Gasteiger partial charge >= 0.3 is 12.0 Å². The van der Waals surface area contributed by atoms with Gasteiger partial charge in [-0.15, -0.1) is 0 Å². The molecular formula is C14H17FN2O3S. The van der Waals surface area contributed by atoms with Crippen LogP contribution in [0.2, 0.25) is 0 Å². The summed E-state index contributed by atoms with van der Waals surface area (Å²) in [6.07, 6.45) is 5.17. The van der Waals surface area contributed by atoms with Gasteiger partial charge in [0.1, 0.15) is 11.9 Å². The number of benzene rings is 1. The van der Waals surface area contributed by atoms with Crippen molar-refractivity contribution in [3.8, 4) is 0 Å². The summed E-state index contributed by atoms with van der Waals surface area (Å²) in [6, 6.07) is 4.22. The largest absolute Gasteiger partial charge is 0.480 e. The van der Waals surface area contributed by atoms with E-state index in [0.717, 1.165) is 0 Å². The maximum absolute atomic E-state index is 12.7. The molecule has 1 unspecified atom stereocenters. The maximum atomic E-state index is 12.7. The number of hydrogen-bond acceptors (Lipinski definition) is 3.